The van der Waals surface area contributed by atoms with Gasteiger partial charge in [0.05, 0.1) is 6.61 Å². The molecule has 0 saturated heterocycles. The highest BCUT2D eigenvalue weighted by Gasteiger charge is 2.21. The molecule has 0 aromatic heterocycles. The first-order chi connectivity index (χ1) is 9.94. The summed E-state index contributed by atoms with van der Waals surface area (Å²) in [6.07, 6.45) is 0. The Morgan fingerprint density at radius 3 is 2.52 bits per heavy atom. The Kier molecular flexibility index (Phi) is 7.19. The van der Waals surface area contributed by atoms with Crippen molar-refractivity contribution in [3.63, 3.8) is 0 Å². The minimum absolute atomic E-state index is 0.172. The maximum Gasteiger partial charge on any atom is 0.314 e. The molecule has 21 heavy (non-hydrogen) atoms. The van der Waals surface area contributed by atoms with Crippen LogP contribution in [0.4, 0.5) is 4.79 Å². The molecule has 0 aliphatic heterocycles. The number of methoxy groups -OCH3 is 1. The monoisotopic (exact) mass is 293 g/mol. The molecule has 0 aliphatic carbocycles. The standard InChI is InChI=1S/C16H27N3O2/c1-13(14-8-6-5-7-9-14)19-16(2,3)12-18-15(20)17-10-11-21-4/h5-9,13,19H,10-12H2,1-4H3,(H2,17,18,20). The molecular weight excluding hydrogens is 266 g/mol. The molecule has 0 fully saturated rings. The van der Waals surface area contributed by atoms with Gasteiger partial charge >= 0.3 is 6.03 Å². The molecule has 1 aromatic rings. The fourth-order valence-corrected chi connectivity index (χ4v) is 2.09. The van der Waals surface area contributed by atoms with Crippen LogP contribution in [0.3, 0.4) is 0 Å². The van der Waals surface area contributed by atoms with Crippen molar-refractivity contribution in [1.82, 2.24) is 16.0 Å². The van der Waals surface area contributed by atoms with Gasteiger partial charge in [-0.25, -0.2) is 4.79 Å². The van der Waals surface area contributed by atoms with Crippen LogP contribution >= 0.6 is 0 Å². The predicted molar refractivity (Wildman–Crippen MR) is 85.3 cm³/mol. The lowest BCUT2D eigenvalue weighted by atomic mass is 10.0. The molecule has 5 heteroatoms. The topological polar surface area (TPSA) is 62.4 Å². The Labute approximate surface area is 127 Å². The third kappa shape index (κ3) is 7.11. The molecule has 1 aromatic carbocycles. The molecule has 0 spiro atoms. The molecule has 5 nitrogen and oxygen atoms in total. The first-order valence-electron chi connectivity index (χ1n) is 7.28. The number of benzene rings is 1. The van der Waals surface area contributed by atoms with Gasteiger partial charge in [0.1, 0.15) is 0 Å². The van der Waals surface area contributed by atoms with Crippen molar-refractivity contribution < 1.29 is 9.53 Å². The van der Waals surface area contributed by atoms with Gasteiger partial charge in [0, 0.05) is 31.8 Å². The zero-order chi connectivity index (χ0) is 15.7. The number of hydrogen-bond donors (Lipinski definition) is 3. The molecule has 0 bridgehead atoms. The number of carbonyl (C=O) groups excluding carboxylic acids is 1. The van der Waals surface area contributed by atoms with Gasteiger partial charge in [0.2, 0.25) is 0 Å². The Morgan fingerprint density at radius 1 is 1.24 bits per heavy atom. The fraction of sp³-hybridized carbons (Fsp3) is 0.562. The smallest absolute Gasteiger partial charge is 0.314 e. The Morgan fingerprint density at radius 2 is 1.90 bits per heavy atom. The molecule has 1 unspecified atom stereocenters. The summed E-state index contributed by atoms with van der Waals surface area (Å²) in [7, 11) is 1.61. The van der Waals surface area contributed by atoms with Crippen LogP contribution in [0.1, 0.15) is 32.4 Å². The summed E-state index contributed by atoms with van der Waals surface area (Å²) < 4.78 is 4.88. The highest BCUT2D eigenvalue weighted by atomic mass is 16.5. The Bertz CT molecular complexity index is 421. The van der Waals surface area contributed by atoms with Gasteiger partial charge in [-0.05, 0) is 26.3 Å². The summed E-state index contributed by atoms with van der Waals surface area (Å²) >= 11 is 0. The van der Waals surface area contributed by atoms with E-state index < -0.39 is 0 Å². The van der Waals surface area contributed by atoms with Crippen molar-refractivity contribution in [1.29, 1.82) is 0 Å². The fourth-order valence-electron chi connectivity index (χ4n) is 2.09. The number of rotatable bonds is 8. The molecule has 1 atom stereocenters. The van der Waals surface area contributed by atoms with Crippen LogP contribution in [0.15, 0.2) is 30.3 Å². The Balaban J connectivity index is 2.37. The highest BCUT2D eigenvalue weighted by Crippen LogP contribution is 2.15. The zero-order valence-electron chi connectivity index (χ0n) is 13.4. The number of amides is 2. The quantitative estimate of drug-likeness (QED) is 0.643. The molecule has 1 rings (SSSR count). The van der Waals surface area contributed by atoms with Crippen LogP contribution in [0.25, 0.3) is 0 Å². The van der Waals surface area contributed by atoms with Crippen molar-refractivity contribution in [2.24, 2.45) is 0 Å². The zero-order valence-corrected chi connectivity index (χ0v) is 13.4. The third-order valence-electron chi connectivity index (χ3n) is 3.19. The summed E-state index contributed by atoms with van der Waals surface area (Å²) in [5.41, 5.74) is 1.03. The first-order valence-corrected chi connectivity index (χ1v) is 7.28. The summed E-state index contributed by atoms with van der Waals surface area (Å²) in [6.45, 7) is 7.83. The summed E-state index contributed by atoms with van der Waals surface area (Å²) in [5, 5.41) is 9.14. The Hall–Kier alpha value is -1.59. The van der Waals surface area contributed by atoms with Crippen LogP contribution in [0, 0.1) is 0 Å². The van der Waals surface area contributed by atoms with E-state index >= 15 is 0 Å². The molecule has 0 aliphatic rings. The van der Waals surface area contributed by atoms with Gasteiger partial charge in [0.15, 0.2) is 0 Å². The van der Waals surface area contributed by atoms with Gasteiger partial charge in [-0.1, -0.05) is 30.3 Å². The van der Waals surface area contributed by atoms with E-state index in [1.165, 1.54) is 5.56 Å². The second-order valence-corrected chi connectivity index (χ2v) is 5.76. The van der Waals surface area contributed by atoms with Crippen LogP contribution in [-0.2, 0) is 4.74 Å². The summed E-state index contributed by atoms with van der Waals surface area (Å²) in [4.78, 5) is 11.6. The second kappa shape index (κ2) is 8.64. The van der Waals surface area contributed by atoms with Crippen molar-refractivity contribution >= 4 is 6.03 Å². The van der Waals surface area contributed by atoms with Crippen molar-refractivity contribution in [2.75, 3.05) is 26.8 Å². The van der Waals surface area contributed by atoms with E-state index in [2.05, 4.69) is 48.9 Å². The van der Waals surface area contributed by atoms with Crippen LogP contribution in [0.2, 0.25) is 0 Å². The maximum absolute atomic E-state index is 11.6. The largest absolute Gasteiger partial charge is 0.383 e. The lowest BCUT2D eigenvalue weighted by molar-refractivity contribution is 0.195. The number of hydrogen-bond acceptors (Lipinski definition) is 3. The molecular formula is C16H27N3O2. The third-order valence-corrected chi connectivity index (χ3v) is 3.19. The maximum atomic E-state index is 11.6. The first kappa shape index (κ1) is 17.5. The molecule has 0 radical (unpaired) electrons. The highest BCUT2D eigenvalue weighted by molar-refractivity contribution is 5.73. The summed E-state index contributed by atoms with van der Waals surface area (Å²) in [5.74, 6) is 0. The van der Waals surface area contributed by atoms with Gasteiger partial charge in [-0.3, -0.25) is 0 Å². The van der Waals surface area contributed by atoms with Crippen LogP contribution in [-0.4, -0.2) is 38.4 Å². The van der Waals surface area contributed by atoms with Gasteiger partial charge in [-0.2, -0.15) is 0 Å². The lowest BCUT2D eigenvalue weighted by Gasteiger charge is -2.30. The molecule has 2 amide bonds. The van der Waals surface area contributed by atoms with E-state index in [-0.39, 0.29) is 17.6 Å². The van der Waals surface area contributed by atoms with Crippen molar-refractivity contribution in [3.05, 3.63) is 35.9 Å². The average Bonchev–Trinajstić information content (AvgIpc) is 2.46. The number of carbonyl (C=O) groups is 1. The number of ether oxygens (including phenoxy) is 1. The van der Waals surface area contributed by atoms with E-state index in [0.717, 1.165) is 0 Å². The molecule has 118 valence electrons. The van der Waals surface area contributed by atoms with Gasteiger partial charge in [-0.15, -0.1) is 0 Å². The number of nitrogens with one attached hydrogen (secondary N) is 3. The van der Waals surface area contributed by atoms with Gasteiger partial charge < -0.3 is 20.7 Å². The van der Waals surface area contributed by atoms with Crippen molar-refractivity contribution in [3.8, 4) is 0 Å². The van der Waals surface area contributed by atoms with E-state index in [0.29, 0.717) is 19.7 Å². The SMILES string of the molecule is COCCNC(=O)NCC(C)(C)NC(C)c1ccccc1. The summed E-state index contributed by atoms with van der Waals surface area (Å²) in [6, 6.07) is 10.3. The van der Waals surface area contributed by atoms with E-state index in [4.69, 9.17) is 4.74 Å². The van der Waals surface area contributed by atoms with E-state index in [9.17, 15) is 4.79 Å². The van der Waals surface area contributed by atoms with Gasteiger partial charge in [0.25, 0.3) is 0 Å². The normalized spacial score (nSPS) is 12.8. The predicted octanol–water partition coefficient (Wildman–Crippen LogP) is 2.06. The molecule has 0 heterocycles. The molecule has 0 saturated carbocycles. The number of urea groups is 1. The minimum Gasteiger partial charge on any atom is -0.383 e. The minimum atomic E-state index is -0.201. The van der Waals surface area contributed by atoms with Crippen LogP contribution in [0.5, 0.6) is 0 Å². The van der Waals surface area contributed by atoms with E-state index in [1.807, 2.05) is 18.2 Å². The lowest BCUT2D eigenvalue weighted by Crippen LogP contribution is -2.51. The van der Waals surface area contributed by atoms with E-state index in [1.54, 1.807) is 7.11 Å². The van der Waals surface area contributed by atoms with Crippen molar-refractivity contribution in [2.45, 2.75) is 32.4 Å². The van der Waals surface area contributed by atoms with Crippen LogP contribution < -0.4 is 16.0 Å². The average molecular weight is 293 g/mol. The second-order valence-electron chi connectivity index (χ2n) is 5.76. The molecule has 3 N–H and O–H groups in total.